The van der Waals surface area contributed by atoms with Gasteiger partial charge in [0.25, 0.3) is 0 Å². The summed E-state index contributed by atoms with van der Waals surface area (Å²) < 4.78 is 22.9. The van der Waals surface area contributed by atoms with Crippen LogP contribution in [0.25, 0.3) is 0 Å². The summed E-state index contributed by atoms with van der Waals surface area (Å²) in [6.07, 6.45) is 2.26. The van der Waals surface area contributed by atoms with Crippen molar-refractivity contribution >= 4 is 15.7 Å². The lowest BCUT2D eigenvalue weighted by atomic mass is 10.0. The van der Waals surface area contributed by atoms with E-state index in [4.69, 9.17) is 5.73 Å². The van der Waals surface area contributed by atoms with Crippen molar-refractivity contribution in [2.45, 2.75) is 32.2 Å². The van der Waals surface area contributed by atoms with E-state index in [9.17, 15) is 13.2 Å². The molecule has 2 fully saturated rings. The first kappa shape index (κ1) is 12.8. The zero-order valence-electron chi connectivity index (χ0n) is 10.2. The van der Waals surface area contributed by atoms with Gasteiger partial charge in [0.15, 0.2) is 9.84 Å². The second kappa shape index (κ2) is 4.24. The fourth-order valence-corrected chi connectivity index (χ4v) is 4.28. The van der Waals surface area contributed by atoms with Gasteiger partial charge in [-0.1, -0.05) is 0 Å². The molecule has 0 spiro atoms. The average Bonchev–Trinajstić information content (AvgIpc) is 3.00. The number of sulfone groups is 1. The lowest BCUT2D eigenvalue weighted by Gasteiger charge is -2.30. The van der Waals surface area contributed by atoms with Crippen LogP contribution in [0.1, 0.15) is 26.2 Å². The van der Waals surface area contributed by atoms with Crippen LogP contribution in [-0.2, 0) is 14.6 Å². The normalized spacial score (nSPS) is 28.9. The maximum Gasteiger partial charge on any atom is 0.230 e. The molecule has 6 heteroatoms. The van der Waals surface area contributed by atoms with E-state index in [2.05, 4.69) is 0 Å². The summed E-state index contributed by atoms with van der Waals surface area (Å²) in [7, 11) is -2.94. The fraction of sp³-hybridized carbons (Fsp3) is 0.909. The van der Waals surface area contributed by atoms with Crippen molar-refractivity contribution < 1.29 is 13.2 Å². The number of hydrogen-bond acceptors (Lipinski definition) is 4. The van der Waals surface area contributed by atoms with Gasteiger partial charge in [-0.2, -0.15) is 0 Å². The molecule has 1 heterocycles. The third-order valence-electron chi connectivity index (χ3n) is 3.95. The smallest absolute Gasteiger partial charge is 0.230 e. The molecule has 2 aliphatic rings. The molecule has 1 saturated heterocycles. The van der Waals surface area contributed by atoms with Crippen LogP contribution in [0.3, 0.4) is 0 Å². The van der Waals surface area contributed by atoms with Crippen molar-refractivity contribution in [1.82, 2.24) is 4.90 Å². The van der Waals surface area contributed by atoms with Crippen LogP contribution < -0.4 is 5.73 Å². The maximum absolute atomic E-state index is 12.3. The highest BCUT2D eigenvalue weighted by Crippen LogP contribution is 2.46. The third-order valence-corrected chi connectivity index (χ3v) is 5.70. The largest absolute Gasteiger partial charge is 0.338 e. The van der Waals surface area contributed by atoms with E-state index in [-0.39, 0.29) is 28.9 Å². The van der Waals surface area contributed by atoms with Gasteiger partial charge in [-0.25, -0.2) is 8.42 Å². The van der Waals surface area contributed by atoms with Gasteiger partial charge in [0.2, 0.25) is 5.91 Å². The summed E-state index contributed by atoms with van der Waals surface area (Å²) in [6, 6.07) is -0.137. The molecular weight excluding hydrogens is 240 g/mol. The van der Waals surface area contributed by atoms with Gasteiger partial charge in [0.1, 0.15) is 0 Å². The highest BCUT2D eigenvalue weighted by molar-refractivity contribution is 7.91. The summed E-state index contributed by atoms with van der Waals surface area (Å²) in [5, 5.41) is 0. The minimum absolute atomic E-state index is 0.0598. The fourth-order valence-electron chi connectivity index (χ4n) is 2.55. The molecule has 2 N–H and O–H groups in total. The van der Waals surface area contributed by atoms with E-state index in [0.717, 1.165) is 12.8 Å². The van der Waals surface area contributed by atoms with Crippen molar-refractivity contribution in [3.63, 3.8) is 0 Å². The van der Waals surface area contributed by atoms with Crippen LogP contribution in [0.5, 0.6) is 0 Å². The van der Waals surface area contributed by atoms with Gasteiger partial charge in [-0.05, 0) is 26.2 Å². The Balaban J connectivity index is 2.10. The average molecular weight is 260 g/mol. The Kier molecular flexibility index (Phi) is 3.20. The third kappa shape index (κ3) is 2.33. The second-order valence-electron chi connectivity index (χ2n) is 5.13. The van der Waals surface area contributed by atoms with E-state index < -0.39 is 9.84 Å². The molecule has 0 aromatic heterocycles. The lowest BCUT2D eigenvalue weighted by molar-refractivity contribution is -0.138. The molecule has 1 saturated carbocycles. The zero-order chi connectivity index (χ0) is 12.7. The number of nitrogens with zero attached hydrogens (tertiary/aromatic N) is 1. The van der Waals surface area contributed by atoms with Crippen LogP contribution in [0.15, 0.2) is 0 Å². The molecule has 98 valence electrons. The van der Waals surface area contributed by atoms with Crippen LogP contribution in [0.2, 0.25) is 0 Å². The first-order valence-electron chi connectivity index (χ1n) is 6.16. The SMILES string of the molecule is CCN(C(=O)C1(CN)CC1)C1CCS(=O)(=O)C1. The van der Waals surface area contributed by atoms with Crippen LogP contribution in [-0.4, -0.2) is 49.9 Å². The molecule has 1 atom stereocenters. The van der Waals surface area contributed by atoms with Crippen molar-refractivity contribution in [3.8, 4) is 0 Å². The van der Waals surface area contributed by atoms with Gasteiger partial charge in [-0.15, -0.1) is 0 Å². The molecule has 17 heavy (non-hydrogen) atoms. The molecule has 1 aliphatic carbocycles. The Bertz CT molecular complexity index is 414. The number of rotatable bonds is 4. The van der Waals surface area contributed by atoms with Crippen LogP contribution in [0.4, 0.5) is 0 Å². The number of carbonyl (C=O) groups excluding carboxylic acids is 1. The molecule has 5 nitrogen and oxygen atoms in total. The molecule has 2 rings (SSSR count). The number of carbonyl (C=O) groups is 1. The molecule has 1 unspecified atom stereocenters. The number of hydrogen-bond donors (Lipinski definition) is 1. The van der Waals surface area contributed by atoms with Crippen molar-refractivity contribution in [2.24, 2.45) is 11.1 Å². The van der Waals surface area contributed by atoms with E-state index in [1.807, 2.05) is 6.92 Å². The minimum atomic E-state index is -2.94. The van der Waals surface area contributed by atoms with E-state index >= 15 is 0 Å². The van der Waals surface area contributed by atoms with Gasteiger partial charge < -0.3 is 10.6 Å². The quantitative estimate of drug-likeness (QED) is 0.756. The van der Waals surface area contributed by atoms with Crippen molar-refractivity contribution in [1.29, 1.82) is 0 Å². The predicted molar refractivity (Wildman–Crippen MR) is 65.2 cm³/mol. The highest BCUT2D eigenvalue weighted by Gasteiger charge is 2.51. The Labute approximate surface area is 102 Å². The Morgan fingerprint density at radius 2 is 2.12 bits per heavy atom. The summed E-state index contributed by atoms with van der Waals surface area (Å²) in [4.78, 5) is 14.1. The van der Waals surface area contributed by atoms with Gasteiger partial charge >= 0.3 is 0 Å². The second-order valence-corrected chi connectivity index (χ2v) is 7.36. The first-order chi connectivity index (χ1) is 7.94. The minimum Gasteiger partial charge on any atom is -0.338 e. The summed E-state index contributed by atoms with van der Waals surface area (Å²) in [5.41, 5.74) is 5.28. The Morgan fingerprint density at radius 1 is 1.47 bits per heavy atom. The standard InChI is InChI=1S/C11H20N2O3S/c1-2-13(9-3-6-17(15,16)7-9)10(14)11(8-12)4-5-11/h9H,2-8,12H2,1H3. The predicted octanol–water partition coefficient (Wildman–Crippen LogP) is -0.239. The van der Waals surface area contributed by atoms with Crippen molar-refractivity contribution in [2.75, 3.05) is 24.6 Å². The van der Waals surface area contributed by atoms with E-state index in [1.54, 1.807) is 4.90 Å². The van der Waals surface area contributed by atoms with Gasteiger partial charge in [-0.3, -0.25) is 4.79 Å². The molecule has 0 aromatic carbocycles. The lowest BCUT2D eigenvalue weighted by Crippen LogP contribution is -2.46. The van der Waals surface area contributed by atoms with E-state index in [1.165, 1.54) is 0 Å². The van der Waals surface area contributed by atoms with E-state index in [0.29, 0.717) is 19.5 Å². The zero-order valence-corrected chi connectivity index (χ0v) is 11.0. The van der Waals surface area contributed by atoms with Crippen molar-refractivity contribution in [3.05, 3.63) is 0 Å². The number of amides is 1. The van der Waals surface area contributed by atoms with Crippen LogP contribution >= 0.6 is 0 Å². The Hall–Kier alpha value is -0.620. The monoisotopic (exact) mass is 260 g/mol. The highest BCUT2D eigenvalue weighted by atomic mass is 32.2. The maximum atomic E-state index is 12.3. The topological polar surface area (TPSA) is 80.5 Å². The molecule has 1 aliphatic heterocycles. The summed E-state index contributed by atoms with van der Waals surface area (Å²) >= 11 is 0. The first-order valence-corrected chi connectivity index (χ1v) is 7.98. The molecule has 1 amide bonds. The van der Waals surface area contributed by atoms with Gasteiger partial charge in [0.05, 0.1) is 16.9 Å². The summed E-state index contributed by atoms with van der Waals surface area (Å²) in [5.74, 6) is 0.384. The molecule has 0 aromatic rings. The molecular formula is C11H20N2O3S. The van der Waals surface area contributed by atoms with Gasteiger partial charge in [0, 0.05) is 19.1 Å². The summed E-state index contributed by atoms with van der Waals surface area (Å²) in [6.45, 7) is 2.85. The number of nitrogens with two attached hydrogens (primary N) is 1. The van der Waals surface area contributed by atoms with Crippen LogP contribution in [0, 0.1) is 5.41 Å². The molecule has 0 radical (unpaired) electrons. The molecule has 0 bridgehead atoms. The Morgan fingerprint density at radius 3 is 2.47 bits per heavy atom.